The molecule has 1 saturated heterocycles. The number of piperidine rings is 1. The van der Waals surface area contributed by atoms with Gasteiger partial charge in [0.05, 0.1) is 21.8 Å². The summed E-state index contributed by atoms with van der Waals surface area (Å²) in [5, 5.41) is 1.16. The van der Waals surface area contributed by atoms with Crippen molar-refractivity contribution < 1.29 is 0 Å². The Labute approximate surface area is 180 Å². The van der Waals surface area contributed by atoms with Crippen molar-refractivity contribution in [2.45, 2.75) is 65.8 Å². The molecule has 1 aromatic rings. The molecular formula is C23H33Cl2N3. The van der Waals surface area contributed by atoms with Crippen LogP contribution < -0.4 is 4.90 Å². The molecular weight excluding hydrogens is 389 g/mol. The van der Waals surface area contributed by atoms with Gasteiger partial charge in [-0.05, 0) is 56.7 Å². The second kappa shape index (κ2) is 9.54. The van der Waals surface area contributed by atoms with E-state index in [4.69, 9.17) is 28.2 Å². The monoisotopic (exact) mass is 421 g/mol. The summed E-state index contributed by atoms with van der Waals surface area (Å²) in [7, 11) is 0. The summed E-state index contributed by atoms with van der Waals surface area (Å²) in [6, 6.07) is 5.95. The molecule has 0 aliphatic carbocycles. The minimum atomic E-state index is 0.187. The quantitative estimate of drug-likeness (QED) is 0.492. The fourth-order valence-corrected chi connectivity index (χ4v) is 4.65. The van der Waals surface area contributed by atoms with Crippen LogP contribution >= 0.6 is 23.2 Å². The van der Waals surface area contributed by atoms with Crippen molar-refractivity contribution in [2.24, 2.45) is 16.8 Å². The molecule has 0 bridgehead atoms. The Morgan fingerprint density at radius 2 is 1.93 bits per heavy atom. The van der Waals surface area contributed by atoms with Crippen molar-refractivity contribution in [3.8, 4) is 0 Å². The molecule has 154 valence electrons. The Hall–Kier alpha value is -1.19. The third-order valence-corrected chi connectivity index (χ3v) is 7.13. The number of likely N-dealkylation sites (tertiary alicyclic amines) is 1. The van der Waals surface area contributed by atoms with Crippen LogP contribution in [0.15, 0.2) is 35.1 Å². The topological polar surface area (TPSA) is 18.8 Å². The lowest BCUT2D eigenvalue weighted by atomic mass is 9.88. The van der Waals surface area contributed by atoms with E-state index < -0.39 is 0 Å². The van der Waals surface area contributed by atoms with E-state index in [0.717, 1.165) is 42.3 Å². The van der Waals surface area contributed by atoms with Crippen molar-refractivity contribution in [2.75, 3.05) is 18.0 Å². The molecule has 5 heteroatoms. The summed E-state index contributed by atoms with van der Waals surface area (Å²) in [5.41, 5.74) is 0.918. The van der Waals surface area contributed by atoms with E-state index in [1.54, 1.807) is 0 Å². The summed E-state index contributed by atoms with van der Waals surface area (Å²) in [5.74, 6) is 3.81. The molecule has 0 radical (unpaired) electrons. The van der Waals surface area contributed by atoms with Gasteiger partial charge < -0.3 is 9.80 Å². The van der Waals surface area contributed by atoms with E-state index in [-0.39, 0.29) is 6.04 Å². The number of rotatable bonds is 6. The standard InChI is InChI=1S/C23H33Cl2N3/c1-5-16(2)9-10-19-11-13-27(14-12-19)22-15-17(3)28(18(4)26-22)21-8-6-7-20(24)23(21)25/h6-8,15-17,19H,5,9-14H2,1-4H3/t16-,17?/m1/s1. The van der Waals surface area contributed by atoms with Gasteiger partial charge in [0, 0.05) is 13.1 Å². The molecule has 0 spiro atoms. The zero-order valence-electron chi connectivity index (χ0n) is 17.6. The number of benzene rings is 1. The largest absolute Gasteiger partial charge is 0.357 e. The second-order valence-electron chi connectivity index (χ2n) is 8.39. The van der Waals surface area contributed by atoms with E-state index in [9.17, 15) is 0 Å². The highest BCUT2D eigenvalue weighted by atomic mass is 35.5. The summed E-state index contributed by atoms with van der Waals surface area (Å²) >= 11 is 12.7. The molecule has 2 heterocycles. The first-order valence-corrected chi connectivity index (χ1v) is 11.4. The Morgan fingerprint density at radius 1 is 1.21 bits per heavy atom. The van der Waals surface area contributed by atoms with Gasteiger partial charge in [-0.2, -0.15) is 0 Å². The van der Waals surface area contributed by atoms with Gasteiger partial charge in [-0.3, -0.25) is 0 Å². The number of halogens is 2. The van der Waals surface area contributed by atoms with Gasteiger partial charge in [0.1, 0.15) is 11.7 Å². The van der Waals surface area contributed by atoms with Crippen LogP contribution in [0.2, 0.25) is 10.0 Å². The molecule has 0 saturated carbocycles. The van der Waals surface area contributed by atoms with Gasteiger partial charge in [-0.25, -0.2) is 4.99 Å². The summed E-state index contributed by atoms with van der Waals surface area (Å²) < 4.78 is 0. The van der Waals surface area contributed by atoms with E-state index in [1.165, 1.54) is 32.1 Å². The minimum absolute atomic E-state index is 0.187. The minimum Gasteiger partial charge on any atom is -0.357 e. The van der Waals surface area contributed by atoms with Crippen LogP contribution in [0.1, 0.15) is 59.8 Å². The smallest absolute Gasteiger partial charge is 0.128 e. The highest BCUT2D eigenvalue weighted by Gasteiger charge is 2.27. The molecule has 0 aromatic heterocycles. The highest BCUT2D eigenvalue weighted by molar-refractivity contribution is 6.44. The Bertz CT molecular complexity index is 735. The number of aliphatic imine (C=N–C) groups is 1. The Kier molecular flexibility index (Phi) is 7.33. The molecule has 2 aliphatic heterocycles. The normalized spacial score (nSPS) is 22.1. The number of hydrogen-bond acceptors (Lipinski definition) is 3. The van der Waals surface area contributed by atoms with E-state index >= 15 is 0 Å². The zero-order chi connectivity index (χ0) is 20.3. The van der Waals surface area contributed by atoms with Crippen molar-refractivity contribution in [3.63, 3.8) is 0 Å². The average molecular weight is 422 g/mol. The fraction of sp³-hybridized carbons (Fsp3) is 0.609. The molecule has 2 aliphatic rings. The lowest BCUT2D eigenvalue weighted by Crippen LogP contribution is -2.42. The first-order chi connectivity index (χ1) is 13.4. The number of nitrogens with zero attached hydrogens (tertiary/aromatic N) is 3. The summed E-state index contributed by atoms with van der Waals surface area (Å²) in [6.07, 6.45) is 8.85. The van der Waals surface area contributed by atoms with Crippen LogP contribution in [-0.2, 0) is 0 Å². The van der Waals surface area contributed by atoms with E-state index in [0.29, 0.717) is 10.0 Å². The fourth-order valence-electron chi connectivity index (χ4n) is 4.27. The zero-order valence-corrected chi connectivity index (χ0v) is 19.1. The van der Waals surface area contributed by atoms with Crippen LogP contribution in [0.3, 0.4) is 0 Å². The molecule has 3 nitrogen and oxygen atoms in total. The maximum atomic E-state index is 6.46. The van der Waals surface area contributed by atoms with Crippen LogP contribution in [0.5, 0.6) is 0 Å². The molecule has 2 atom stereocenters. The van der Waals surface area contributed by atoms with Crippen molar-refractivity contribution in [3.05, 3.63) is 40.1 Å². The third kappa shape index (κ3) is 4.86. The lowest BCUT2D eigenvalue weighted by Gasteiger charge is -2.39. The van der Waals surface area contributed by atoms with Crippen LogP contribution in [0, 0.1) is 11.8 Å². The number of amidine groups is 1. The van der Waals surface area contributed by atoms with Crippen molar-refractivity contribution >= 4 is 34.7 Å². The molecule has 0 N–H and O–H groups in total. The van der Waals surface area contributed by atoms with E-state index in [2.05, 4.69) is 43.6 Å². The number of hydrogen-bond donors (Lipinski definition) is 0. The van der Waals surface area contributed by atoms with Gasteiger partial charge in [0.25, 0.3) is 0 Å². The van der Waals surface area contributed by atoms with Crippen LogP contribution in [0.25, 0.3) is 0 Å². The molecule has 1 aromatic carbocycles. The van der Waals surface area contributed by atoms with Gasteiger partial charge in [0.15, 0.2) is 0 Å². The van der Waals surface area contributed by atoms with Gasteiger partial charge in [0.2, 0.25) is 0 Å². The predicted octanol–water partition coefficient (Wildman–Crippen LogP) is 7.00. The molecule has 1 unspecified atom stereocenters. The summed E-state index contributed by atoms with van der Waals surface area (Å²) in [4.78, 5) is 9.54. The van der Waals surface area contributed by atoms with Crippen LogP contribution in [-0.4, -0.2) is 29.9 Å². The third-order valence-electron chi connectivity index (χ3n) is 6.32. The van der Waals surface area contributed by atoms with Crippen molar-refractivity contribution in [1.29, 1.82) is 0 Å². The Balaban J connectivity index is 1.64. The number of anilines is 1. The van der Waals surface area contributed by atoms with Gasteiger partial charge >= 0.3 is 0 Å². The predicted molar refractivity (Wildman–Crippen MR) is 123 cm³/mol. The molecule has 1 fully saturated rings. The first kappa shape index (κ1) is 21.5. The summed E-state index contributed by atoms with van der Waals surface area (Å²) in [6.45, 7) is 11.1. The average Bonchev–Trinajstić information content (AvgIpc) is 2.69. The lowest BCUT2D eigenvalue weighted by molar-refractivity contribution is 0.208. The van der Waals surface area contributed by atoms with Crippen LogP contribution in [0.4, 0.5) is 5.69 Å². The maximum Gasteiger partial charge on any atom is 0.128 e. The Morgan fingerprint density at radius 3 is 2.57 bits per heavy atom. The molecule has 28 heavy (non-hydrogen) atoms. The first-order valence-electron chi connectivity index (χ1n) is 10.7. The maximum absolute atomic E-state index is 6.46. The van der Waals surface area contributed by atoms with E-state index in [1.807, 2.05) is 18.2 Å². The SMILES string of the molecule is CC[C@@H](C)CCC1CCN(C2=CC(C)N(c3cccc(Cl)c3Cl)C(C)=N2)CC1. The second-order valence-corrected chi connectivity index (χ2v) is 9.17. The van der Waals surface area contributed by atoms with Crippen molar-refractivity contribution in [1.82, 2.24) is 4.90 Å². The highest BCUT2D eigenvalue weighted by Crippen LogP contribution is 2.36. The van der Waals surface area contributed by atoms with Gasteiger partial charge in [-0.1, -0.05) is 62.4 Å². The molecule has 0 amide bonds. The molecule has 3 rings (SSSR count). The van der Waals surface area contributed by atoms with Gasteiger partial charge in [-0.15, -0.1) is 0 Å².